The summed E-state index contributed by atoms with van der Waals surface area (Å²) in [5, 5.41) is 0. The van der Waals surface area contributed by atoms with Crippen LogP contribution in [-0.4, -0.2) is 12.2 Å². The summed E-state index contributed by atoms with van der Waals surface area (Å²) in [4.78, 5) is 0. The van der Waals surface area contributed by atoms with Gasteiger partial charge in [-0.05, 0) is 43.3 Å². The molecule has 2 rings (SSSR count). The van der Waals surface area contributed by atoms with Gasteiger partial charge in [-0.25, -0.2) is 0 Å². The second-order valence-corrected chi connectivity index (χ2v) is 6.98. The van der Waals surface area contributed by atoms with Gasteiger partial charge in [0.25, 0.3) is 0 Å². The number of allylic oxidation sites excluding steroid dienone is 5. The lowest BCUT2D eigenvalue weighted by molar-refractivity contribution is -0.0203. The summed E-state index contributed by atoms with van der Waals surface area (Å²) >= 11 is 0. The molecule has 1 nitrogen and oxygen atoms in total. The topological polar surface area (TPSA) is 9.23 Å². The fourth-order valence-electron chi connectivity index (χ4n) is 3.35. The van der Waals surface area contributed by atoms with Gasteiger partial charge in [-0.3, -0.25) is 0 Å². The van der Waals surface area contributed by atoms with Gasteiger partial charge in [0, 0.05) is 13.0 Å². The second-order valence-electron chi connectivity index (χ2n) is 6.98. The van der Waals surface area contributed by atoms with E-state index in [-0.39, 0.29) is 11.0 Å². The van der Waals surface area contributed by atoms with E-state index in [1.165, 1.54) is 16.7 Å². The molecule has 110 valence electrons. The number of ether oxygens (including phenoxy) is 1. The van der Waals surface area contributed by atoms with Gasteiger partial charge < -0.3 is 4.74 Å². The van der Waals surface area contributed by atoms with E-state index < -0.39 is 0 Å². The highest BCUT2D eigenvalue weighted by Gasteiger charge is 2.41. The molecule has 0 saturated carbocycles. The molecule has 0 aromatic rings. The molecular formula is C19H28O. The van der Waals surface area contributed by atoms with Crippen molar-refractivity contribution < 1.29 is 4.74 Å². The van der Waals surface area contributed by atoms with E-state index in [0.29, 0.717) is 0 Å². The van der Waals surface area contributed by atoms with Crippen molar-refractivity contribution in [1.29, 1.82) is 0 Å². The molecule has 0 N–H and O–H groups in total. The van der Waals surface area contributed by atoms with Crippen LogP contribution in [0.3, 0.4) is 0 Å². The maximum Gasteiger partial charge on any atom is 0.0974 e. The first-order chi connectivity index (χ1) is 9.37. The maximum atomic E-state index is 6.33. The zero-order valence-corrected chi connectivity index (χ0v) is 13.6. The van der Waals surface area contributed by atoms with E-state index in [1.807, 2.05) is 0 Å². The third-order valence-electron chi connectivity index (χ3n) is 4.18. The van der Waals surface area contributed by atoms with Crippen LogP contribution in [0.4, 0.5) is 0 Å². The van der Waals surface area contributed by atoms with Crippen LogP contribution in [-0.2, 0) is 4.74 Å². The molecule has 0 aromatic carbocycles. The molecule has 0 spiro atoms. The third kappa shape index (κ3) is 3.15. The van der Waals surface area contributed by atoms with Crippen LogP contribution in [0.25, 0.3) is 0 Å². The summed E-state index contributed by atoms with van der Waals surface area (Å²) in [6.45, 7) is 11.9. The quantitative estimate of drug-likeness (QED) is 0.669. The van der Waals surface area contributed by atoms with Gasteiger partial charge in [0.15, 0.2) is 0 Å². The predicted octanol–water partition coefficient (Wildman–Crippen LogP) is 5.36. The molecule has 0 aliphatic heterocycles. The van der Waals surface area contributed by atoms with Gasteiger partial charge in [0.05, 0.1) is 5.60 Å². The second kappa shape index (κ2) is 5.73. The van der Waals surface area contributed by atoms with Crippen molar-refractivity contribution in [2.45, 2.75) is 59.5 Å². The molecule has 0 aromatic heterocycles. The van der Waals surface area contributed by atoms with Gasteiger partial charge in [0.2, 0.25) is 0 Å². The lowest BCUT2D eigenvalue weighted by Gasteiger charge is -2.43. The summed E-state index contributed by atoms with van der Waals surface area (Å²) in [6, 6.07) is 0. The Bertz CT molecular complexity index is 482. The van der Waals surface area contributed by atoms with Crippen LogP contribution in [0.5, 0.6) is 0 Å². The van der Waals surface area contributed by atoms with Crippen molar-refractivity contribution in [3.8, 4) is 0 Å². The molecule has 1 unspecified atom stereocenters. The van der Waals surface area contributed by atoms with E-state index in [4.69, 9.17) is 4.74 Å². The monoisotopic (exact) mass is 272 g/mol. The molecule has 1 heteroatoms. The fraction of sp³-hybridized carbons (Fsp3) is 0.579. The minimum Gasteiger partial charge on any atom is -0.370 e. The van der Waals surface area contributed by atoms with Gasteiger partial charge in [0.1, 0.15) is 0 Å². The van der Waals surface area contributed by atoms with Crippen LogP contribution in [0.2, 0.25) is 0 Å². The molecule has 0 heterocycles. The highest BCUT2D eigenvalue weighted by atomic mass is 16.5. The van der Waals surface area contributed by atoms with Gasteiger partial charge in [-0.15, -0.1) is 0 Å². The summed E-state index contributed by atoms with van der Waals surface area (Å²) < 4.78 is 6.33. The molecule has 0 bridgehead atoms. The molecule has 0 fully saturated rings. The minimum atomic E-state index is -0.160. The van der Waals surface area contributed by atoms with Gasteiger partial charge >= 0.3 is 0 Å². The van der Waals surface area contributed by atoms with E-state index in [1.54, 1.807) is 0 Å². The molecule has 0 amide bonds. The molecule has 0 saturated heterocycles. The Morgan fingerprint density at radius 1 is 1.25 bits per heavy atom. The van der Waals surface area contributed by atoms with Crippen molar-refractivity contribution in [2.75, 3.05) is 6.61 Å². The van der Waals surface area contributed by atoms with E-state index in [0.717, 1.165) is 25.9 Å². The maximum absolute atomic E-state index is 6.33. The average molecular weight is 272 g/mol. The Labute approximate surface area is 124 Å². The Hall–Kier alpha value is -1.08. The van der Waals surface area contributed by atoms with Crippen molar-refractivity contribution in [3.05, 3.63) is 47.1 Å². The van der Waals surface area contributed by atoms with Crippen LogP contribution in [0.1, 0.15) is 53.9 Å². The van der Waals surface area contributed by atoms with Crippen molar-refractivity contribution in [2.24, 2.45) is 5.41 Å². The molecular weight excluding hydrogens is 244 g/mol. The van der Waals surface area contributed by atoms with Crippen LogP contribution in [0, 0.1) is 5.41 Å². The first-order valence-electron chi connectivity index (χ1n) is 7.76. The average Bonchev–Trinajstić information content (AvgIpc) is 2.84. The highest BCUT2D eigenvalue weighted by molar-refractivity contribution is 5.41. The zero-order valence-electron chi connectivity index (χ0n) is 13.6. The SMILES string of the molecule is CCOC1(CC2=CCC=C2)CC=C(C)C=C1C(C)(C)C. The molecule has 1 atom stereocenters. The van der Waals surface area contributed by atoms with Gasteiger partial charge in [-0.1, -0.05) is 56.7 Å². The number of hydrogen-bond donors (Lipinski definition) is 0. The fourth-order valence-corrected chi connectivity index (χ4v) is 3.35. The lowest BCUT2D eigenvalue weighted by Crippen LogP contribution is -2.41. The van der Waals surface area contributed by atoms with Gasteiger partial charge in [-0.2, -0.15) is 0 Å². The van der Waals surface area contributed by atoms with Crippen molar-refractivity contribution in [1.82, 2.24) is 0 Å². The first kappa shape index (κ1) is 15.3. The Morgan fingerprint density at radius 3 is 2.55 bits per heavy atom. The lowest BCUT2D eigenvalue weighted by atomic mass is 9.69. The largest absolute Gasteiger partial charge is 0.370 e. The molecule has 0 radical (unpaired) electrons. The highest BCUT2D eigenvalue weighted by Crippen LogP contribution is 2.46. The first-order valence-corrected chi connectivity index (χ1v) is 7.76. The Balaban J connectivity index is 2.39. The third-order valence-corrected chi connectivity index (χ3v) is 4.18. The summed E-state index contributed by atoms with van der Waals surface area (Å²) in [6.07, 6.45) is 14.5. The van der Waals surface area contributed by atoms with E-state index in [9.17, 15) is 0 Å². The Morgan fingerprint density at radius 2 is 2.00 bits per heavy atom. The minimum absolute atomic E-state index is 0.133. The summed E-state index contributed by atoms with van der Waals surface area (Å²) in [5.41, 5.74) is 4.19. The standard InChI is InChI=1S/C19H28O/c1-6-20-19(14-16-9-7-8-10-16)12-11-15(2)13-17(19)18(3,4)5/h7,9-11,13H,6,8,12,14H2,1-5H3. The van der Waals surface area contributed by atoms with Crippen molar-refractivity contribution in [3.63, 3.8) is 0 Å². The molecule has 2 aliphatic carbocycles. The molecule has 20 heavy (non-hydrogen) atoms. The summed E-state index contributed by atoms with van der Waals surface area (Å²) in [5.74, 6) is 0. The predicted molar refractivity (Wildman–Crippen MR) is 86.7 cm³/mol. The normalized spacial score (nSPS) is 26.4. The van der Waals surface area contributed by atoms with E-state index >= 15 is 0 Å². The molecule has 2 aliphatic rings. The zero-order chi connectivity index (χ0) is 14.8. The van der Waals surface area contributed by atoms with Crippen LogP contribution >= 0.6 is 0 Å². The van der Waals surface area contributed by atoms with E-state index in [2.05, 4.69) is 65.0 Å². The Kier molecular flexibility index (Phi) is 4.39. The smallest absolute Gasteiger partial charge is 0.0974 e. The summed E-state index contributed by atoms with van der Waals surface area (Å²) in [7, 11) is 0. The van der Waals surface area contributed by atoms with Crippen LogP contribution in [0.15, 0.2) is 47.1 Å². The number of hydrogen-bond acceptors (Lipinski definition) is 1. The van der Waals surface area contributed by atoms with Crippen LogP contribution < -0.4 is 0 Å². The van der Waals surface area contributed by atoms with Crippen molar-refractivity contribution >= 4 is 0 Å². The number of rotatable bonds is 4.